The molecule has 0 radical (unpaired) electrons. The van der Waals surface area contributed by atoms with Crippen molar-refractivity contribution in [1.82, 2.24) is 15.5 Å². The predicted octanol–water partition coefficient (Wildman–Crippen LogP) is 7.43. The number of aromatic amines is 1. The Morgan fingerprint density at radius 3 is 2.55 bits per heavy atom. The lowest BCUT2D eigenvalue weighted by molar-refractivity contribution is 0.0254. The van der Waals surface area contributed by atoms with Gasteiger partial charge >= 0.3 is 0 Å². The van der Waals surface area contributed by atoms with E-state index in [9.17, 15) is 4.79 Å². The van der Waals surface area contributed by atoms with Crippen LogP contribution < -0.4 is 10.1 Å². The molecule has 0 aliphatic heterocycles. The zero-order chi connectivity index (χ0) is 27.1. The minimum Gasteiger partial charge on any atom is -0.491 e. The zero-order valence-electron chi connectivity index (χ0n) is 23.9. The lowest BCUT2D eigenvalue weighted by Crippen LogP contribution is -2.53. The van der Waals surface area contributed by atoms with Crippen LogP contribution in [0.25, 0.3) is 11.3 Å². The highest BCUT2D eigenvalue weighted by Crippen LogP contribution is 2.57. The van der Waals surface area contributed by atoms with E-state index in [4.69, 9.17) is 4.74 Å². The van der Waals surface area contributed by atoms with Crippen molar-refractivity contribution in [3.05, 3.63) is 70.9 Å². The molecule has 5 rings (SSSR count). The summed E-state index contributed by atoms with van der Waals surface area (Å²) in [6.07, 6.45) is 6.00. The average Bonchev–Trinajstić information content (AvgIpc) is 3.37. The van der Waals surface area contributed by atoms with Crippen LogP contribution in [0, 0.1) is 11.3 Å². The van der Waals surface area contributed by atoms with Crippen LogP contribution in [0.5, 0.6) is 5.75 Å². The van der Waals surface area contributed by atoms with E-state index < -0.39 is 0 Å². The Labute approximate surface area is 227 Å². The Morgan fingerprint density at radius 1 is 1.08 bits per heavy atom. The van der Waals surface area contributed by atoms with Crippen molar-refractivity contribution in [2.75, 3.05) is 6.54 Å². The third kappa shape index (κ3) is 5.00. The molecule has 2 aliphatic rings. The number of benzene rings is 2. The molecule has 1 aromatic heterocycles. The van der Waals surface area contributed by atoms with Gasteiger partial charge in [0.15, 0.2) is 0 Å². The van der Waals surface area contributed by atoms with E-state index in [-0.39, 0.29) is 22.8 Å². The van der Waals surface area contributed by atoms with E-state index in [2.05, 4.69) is 61.4 Å². The number of aryl methyl sites for hydroxylation is 1. The van der Waals surface area contributed by atoms with Gasteiger partial charge in [0.1, 0.15) is 11.4 Å². The maximum atomic E-state index is 13.2. The molecule has 5 nitrogen and oxygen atoms in total. The summed E-state index contributed by atoms with van der Waals surface area (Å²) in [5, 5.41) is 10.6. The van der Waals surface area contributed by atoms with Crippen molar-refractivity contribution < 1.29 is 9.53 Å². The van der Waals surface area contributed by atoms with E-state index in [1.54, 1.807) is 5.56 Å². The van der Waals surface area contributed by atoms with Gasteiger partial charge in [-0.2, -0.15) is 5.10 Å². The van der Waals surface area contributed by atoms with E-state index in [0.717, 1.165) is 29.8 Å². The number of rotatable bonds is 7. The molecule has 202 valence electrons. The summed E-state index contributed by atoms with van der Waals surface area (Å²) in [5.41, 5.74) is 6.95. The van der Waals surface area contributed by atoms with Crippen molar-refractivity contribution in [2.24, 2.45) is 11.3 Å². The molecule has 0 bridgehead atoms. The smallest absolute Gasteiger partial charge is 0.269 e. The molecule has 3 aromatic rings. The number of aromatic nitrogens is 2. The van der Waals surface area contributed by atoms with Crippen molar-refractivity contribution in [1.29, 1.82) is 0 Å². The summed E-state index contributed by atoms with van der Waals surface area (Å²) in [4.78, 5) is 13.2. The fraction of sp³-hybridized carbons (Fsp3) is 0.515. The quantitative estimate of drug-likeness (QED) is 0.345. The monoisotopic (exact) mass is 513 g/mol. The molecule has 2 aliphatic carbocycles. The summed E-state index contributed by atoms with van der Waals surface area (Å²) in [5.74, 6) is 1.84. The molecule has 5 heteroatoms. The number of carbonyl (C=O) groups is 1. The molecular weight excluding hydrogens is 470 g/mol. The van der Waals surface area contributed by atoms with Crippen molar-refractivity contribution in [2.45, 2.75) is 91.1 Å². The highest BCUT2D eigenvalue weighted by atomic mass is 16.5. The van der Waals surface area contributed by atoms with Crippen LogP contribution in [0.4, 0.5) is 0 Å². The number of hydrogen-bond acceptors (Lipinski definition) is 3. The molecular formula is C33H43N3O2. The molecule has 0 spiro atoms. The van der Waals surface area contributed by atoms with Crippen LogP contribution in [0.15, 0.2) is 48.5 Å². The largest absolute Gasteiger partial charge is 0.491 e. The van der Waals surface area contributed by atoms with Crippen molar-refractivity contribution >= 4 is 5.91 Å². The van der Waals surface area contributed by atoms with Gasteiger partial charge in [0, 0.05) is 12.1 Å². The third-order valence-corrected chi connectivity index (χ3v) is 9.17. The van der Waals surface area contributed by atoms with Crippen LogP contribution in [0.3, 0.4) is 0 Å². The minimum atomic E-state index is -0.0882. The molecule has 2 N–H and O–H groups in total. The Bertz CT molecular complexity index is 1290. The van der Waals surface area contributed by atoms with Gasteiger partial charge in [-0.25, -0.2) is 0 Å². The number of ether oxygens (including phenoxy) is 1. The molecule has 0 unspecified atom stereocenters. The molecule has 1 fully saturated rings. The van der Waals surface area contributed by atoms with Gasteiger partial charge in [0.25, 0.3) is 5.91 Å². The fourth-order valence-electron chi connectivity index (χ4n) is 7.15. The molecule has 1 saturated carbocycles. The third-order valence-electron chi connectivity index (χ3n) is 9.17. The van der Waals surface area contributed by atoms with Crippen LogP contribution in [-0.2, 0) is 11.8 Å². The Balaban J connectivity index is 1.28. The van der Waals surface area contributed by atoms with Gasteiger partial charge in [-0.15, -0.1) is 0 Å². The number of amides is 1. The summed E-state index contributed by atoms with van der Waals surface area (Å²) >= 11 is 0. The molecule has 3 atom stereocenters. The first-order valence-electron chi connectivity index (χ1n) is 14.3. The summed E-state index contributed by atoms with van der Waals surface area (Å²) < 4.78 is 5.73. The number of hydrogen-bond donors (Lipinski definition) is 2. The summed E-state index contributed by atoms with van der Waals surface area (Å²) in [6.45, 7) is 14.1. The number of fused-ring (bicyclic) bond motifs is 3. The van der Waals surface area contributed by atoms with E-state index in [1.807, 2.05) is 44.2 Å². The first kappa shape index (κ1) is 26.5. The number of nitrogens with one attached hydrogen (secondary N) is 2. The van der Waals surface area contributed by atoms with E-state index in [1.165, 1.54) is 30.4 Å². The number of carbonyl (C=O) groups excluding carboxylic acids is 1. The standard InChI is InChI=1S/C33H43N3O2/c1-21(2)24-10-14-27-25(18-24)11-15-30-32(5,16-7-17-33(27,30)6)20-34-31(37)29-19-28(35-36-29)23-8-12-26(13-9-23)38-22(3)4/h8-10,12-14,18-19,21-22,30H,7,11,15-17,20H2,1-6H3,(H,34,37)(H,35,36)/t30-,32-,33+/m0/s1. The summed E-state index contributed by atoms with van der Waals surface area (Å²) in [7, 11) is 0. The Hall–Kier alpha value is -3.08. The first-order chi connectivity index (χ1) is 18.1. The molecule has 2 aromatic carbocycles. The predicted molar refractivity (Wildman–Crippen MR) is 154 cm³/mol. The van der Waals surface area contributed by atoms with Gasteiger partial charge < -0.3 is 10.1 Å². The van der Waals surface area contributed by atoms with Gasteiger partial charge in [-0.05, 0) is 109 Å². The van der Waals surface area contributed by atoms with Crippen molar-refractivity contribution in [3.63, 3.8) is 0 Å². The topological polar surface area (TPSA) is 67.0 Å². The minimum absolute atomic E-state index is 0.0617. The van der Waals surface area contributed by atoms with Crippen molar-refractivity contribution in [3.8, 4) is 17.0 Å². The number of H-pyrrole nitrogens is 1. The second kappa shape index (κ2) is 10.2. The molecule has 1 amide bonds. The van der Waals surface area contributed by atoms with E-state index in [0.29, 0.717) is 24.1 Å². The van der Waals surface area contributed by atoms with Crippen LogP contribution in [-0.4, -0.2) is 28.8 Å². The SMILES string of the molecule is CC(C)Oc1ccc(-c2cc(C(=O)NC[C@]3(C)CCC[C@]4(C)c5ccc(C(C)C)cc5CC[C@@H]34)[nH]n2)cc1. The summed E-state index contributed by atoms with van der Waals surface area (Å²) in [6, 6.07) is 16.9. The van der Waals surface area contributed by atoms with E-state index >= 15 is 0 Å². The fourth-order valence-corrected chi connectivity index (χ4v) is 7.15. The van der Waals surface area contributed by atoms with Crippen LogP contribution >= 0.6 is 0 Å². The van der Waals surface area contributed by atoms with Gasteiger partial charge in [0.05, 0.1) is 11.8 Å². The molecule has 0 saturated heterocycles. The second-order valence-corrected chi connectivity index (χ2v) is 12.6. The van der Waals surface area contributed by atoms with Gasteiger partial charge in [-0.1, -0.05) is 52.3 Å². The maximum absolute atomic E-state index is 13.2. The van der Waals surface area contributed by atoms with Gasteiger partial charge in [-0.3, -0.25) is 9.89 Å². The molecule has 1 heterocycles. The first-order valence-corrected chi connectivity index (χ1v) is 14.3. The average molecular weight is 514 g/mol. The highest BCUT2D eigenvalue weighted by Gasteiger charge is 2.51. The molecule has 38 heavy (non-hydrogen) atoms. The Kier molecular flexibility index (Phi) is 7.15. The van der Waals surface area contributed by atoms with Gasteiger partial charge in [0.2, 0.25) is 0 Å². The second-order valence-electron chi connectivity index (χ2n) is 12.6. The highest BCUT2D eigenvalue weighted by molar-refractivity contribution is 5.93. The van der Waals surface area contributed by atoms with Crippen LogP contribution in [0.1, 0.15) is 100 Å². The lowest BCUT2D eigenvalue weighted by Gasteiger charge is -2.55. The zero-order valence-corrected chi connectivity index (χ0v) is 23.9. The Morgan fingerprint density at radius 2 is 1.84 bits per heavy atom. The normalized spacial score (nSPS) is 24.7. The van der Waals surface area contributed by atoms with Crippen LogP contribution in [0.2, 0.25) is 0 Å². The number of nitrogens with zero attached hydrogens (tertiary/aromatic N) is 1. The lowest BCUT2D eigenvalue weighted by atomic mass is 9.49. The maximum Gasteiger partial charge on any atom is 0.269 e.